The van der Waals surface area contributed by atoms with E-state index >= 15 is 0 Å². The van der Waals surface area contributed by atoms with Crippen LogP contribution < -0.4 is 5.56 Å². The summed E-state index contributed by atoms with van der Waals surface area (Å²) < 4.78 is 10.0. The maximum Gasteiger partial charge on any atom is 0.348 e. The number of H-pyrrole nitrogens is 1. The number of carbonyl (C=O) groups is 1. The summed E-state index contributed by atoms with van der Waals surface area (Å²) in [6.07, 6.45) is 1.63. The van der Waals surface area contributed by atoms with Gasteiger partial charge in [0, 0.05) is 7.11 Å². The summed E-state index contributed by atoms with van der Waals surface area (Å²) in [5.41, 5.74) is 1.41. The van der Waals surface area contributed by atoms with E-state index in [1.54, 1.807) is 37.3 Å². The van der Waals surface area contributed by atoms with Gasteiger partial charge in [0.25, 0.3) is 5.56 Å². The lowest BCUT2D eigenvalue weighted by molar-refractivity contribution is 0.0393. The van der Waals surface area contributed by atoms with Gasteiger partial charge in [0.15, 0.2) is 5.82 Å². The number of aryl methyl sites for hydroxylation is 1. The molecule has 1 N–H and O–H groups in total. The third kappa shape index (κ3) is 4.54. The monoisotopic (exact) mass is 429 g/mol. The summed E-state index contributed by atoms with van der Waals surface area (Å²) >= 11 is 7.42. The first-order valence-corrected chi connectivity index (χ1v) is 9.71. The van der Waals surface area contributed by atoms with Crippen molar-refractivity contribution in [1.29, 1.82) is 5.26 Å². The van der Waals surface area contributed by atoms with Crippen LogP contribution >= 0.6 is 22.9 Å². The van der Waals surface area contributed by atoms with Crippen molar-refractivity contribution in [3.05, 3.63) is 62.0 Å². The number of esters is 1. The second kappa shape index (κ2) is 9.01. The Bertz CT molecular complexity index is 1190. The number of aromatic nitrogens is 2. The highest BCUT2D eigenvalue weighted by Gasteiger charge is 2.21. The summed E-state index contributed by atoms with van der Waals surface area (Å²) in [6.45, 7) is 2.09. The van der Waals surface area contributed by atoms with Crippen molar-refractivity contribution in [3.63, 3.8) is 0 Å². The maximum absolute atomic E-state index is 12.6. The second-order valence-corrected chi connectivity index (χ2v) is 7.41. The van der Waals surface area contributed by atoms with Crippen LogP contribution in [0, 0.1) is 18.3 Å². The van der Waals surface area contributed by atoms with E-state index in [0.717, 1.165) is 16.9 Å². The molecule has 0 atom stereocenters. The normalized spacial score (nSPS) is 11.4. The lowest BCUT2D eigenvalue weighted by Gasteiger charge is -2.02. The molecule has 148 valence electrons. The van der Waals surface area contributed by atoms with Crippen molar-refractivity contribution in [1.82, 2.24) is 9.97 Å². The number of rotatable bonds is 6. The number of hydrogen-bond acceptors (Lipinski definition) is 7. The Morgan fingerprint density at radius 3 is 2.72 bits per heavy atom. The number of nitrogens with zero attached hydrogens (tertiary/aromatic N) is 2. The van der Waals surface area contributed by atoms with Crippen molar-refractivity contribution in [2.24, 2.45) is 0 Å². The molecule has 3 rings (SSSR count). The van der Waals surface area contributed by atoms with E-state index in [-0.39, 0.29) is 29.6 Å². The molecule has 0 saturated heterocycles. The Balaban J connectivity index is 1.96. The quantitative estimate of drug-likeness (QED) is 0.473. The average Bonchev–Trinajstić information content (AvgIpc) is 3.05. The number of carbonyl (C=O) groups excluding carboxylic acids is 1. The summed E-state index contributed by atoms with van der Waals surface area (Å²) in [5.74, 6) is -0.336. The first-order valence-electron chi connectivity index (χ1n) is 8.51. The molecule has 0 aliphatic rings. The van der Waals surface area contributed by atoms with E-state index in [2.05, 4.69) is 9.97 Å². The van der Waals surface area contributed by atoms with Crippen LogP contribution in [0.1, 0.15) is 32.2 Å². The number of fused-ring (bicyclic) bond motifs is 1. The molecule has 2 heterocycles. The first-order chi connectivity index (χ1) is 13.9. The molecule has 0 bridgehead atoms. The van der Waals surface area contributed by atoms with Gasteiger partial charge >= 0.3 is 5.97 Å². The molecule has 0 aliphatic carbocycles. The van der Waals surface area contributed by atoms with Crippen LogP contribution in [0.15, 0.2) is 29.1 Å². The van der Waals surface area contributed by atoms with Crippen molar-refractivity contribution < 1.29 is 14.3 Å². The zero-order valence-corrected chi connectivity index (χ0v) is 17.2. The minimum absolute atomic E-state index is 0.122. The fraction of sp³-hybridized carbons (Fsp3) is 0.200. The van der Waals surface area contributed by atoms with Gasteiger partial charge in [0.1, 0.15) is 16.3 Å². The number of ether oxygens (including phenoxy) is 2. The number of nitriles is 1. The van der Waals surface area contributed by atoms with Crippen LogP contribution in [0.2, 0.25) is 0 Å². The fourth-order valence-corrected chi connectivity index (χ4v) is 3.89. The van der Waals surface area contributed by atoms with Gasteiger partial charge in [-0.05, 0) is 36.3 Å². The summed E-state index contributed by atoms with van der Waals surface area (Å²) in [7, 11) is 1.51. The smallest absolute Gasteiger partial charge is 0.348 e. The summed E-state index contributed by atoms with van der Waals surface area (Å²) in [4.78, 5) is 32.6. The number of methoxy groups -OCH3 is 1. The third-order valence-electron chi connectivity index (χ3n) is 4.07. The van der Waals surface area contributed by atoms with Gasteiger partial charge in [-0.25, -0.2) is 9.78 Å². The van der Waals surface area contributed by atoms with Gasteiger partial charge in [-0.15, -0.1) is 11.3 Å². The molecule has 0 fully saturated rings. The minimum Gasteiger partial charge on any atom is -0.459 e. The van der Waals surface area contributed by atoms with Crippen molar-refractivity contribution in [2.45, 2.75) is 6.92 Å². The topological polar surface area (TPSA) is 105 Å². The number of thiophene rings is 1. The van der Waals surface area contributed by atoms with Crippen LogP contribution in [0.4, 0.5) is 0 Å². The molecule has 0 amide bonds. The van der Waals surface area contributed by atoms with Crippen LogP contribution in [0.5, 0.6) is 0 Å². The van der Waals surface area contributed by atoms with Gasteiger partial charge in [0.05, 0.1) is 28.7 Å². The Hall–Kier alpha value is -2.99. The fourth-order valence-electron chi connectivity index (χ4n) is 2.60. The molecule has 3 aromatic rings. The second-order valence-electron chi connectivity index (χ2n) is 6.01. The standard InChI is InChI=1S/C20H16ClN3O4S/c1-11-15-18(25)23-17(14(21)9-12-3-5-13(10-22)6-4-12)24-19(15)29-16(11)20(26)28-8-7-27-2/h3-6,9H,7-8H2,1-2H3,(H,23,24,25)/b14-9-. The summed E-state index contributed by atoms with van der Waals surface area (Å²) in [5, 5.41) is 9.42. The Labute approximate surface area is 175 Å². The van der Waals surface area contributed by atoms with Crippen LogP contribution in [0.3, 0.4) is 0 Å². The highest BCUT2D eigenvalue weighted by Crippen LogP contribution is 2.29. The van der Waals surface area contributed by atoms with Crippen LogP contribution in [-0.4, -0.2) is 36.3 Å². The molecule has 9 heteroatoms. The molecule has 0 aliphatic heterocycles. The average molecular weight is 430 g/mol. The van der Waals surface area contributed by atoms with E-state index in [4.69, 9.17) is 26.3 Å². The van der Waals surface area contributed by atoms with Gasteiger partial charge in [-0.1, -0.05) is 23.7 Å². The molecule has 0 unspecified atom stereocenters. The van der Waals surface area contributed by atoms with Gasteiger partial charge in [-0.3, -0.25) is 4.79 Å². The highest BCUT2D eigenvalue weighted by atomic mass is 35.5. The molecule has 7 nitrogen and oxygen atoms in total. The molecule has 2 aromatic heterocycles. The molecule has 0 saturated carbocycles. The van der Waals surface area contributed by atoms with Gasteiger partial charge in [-0.2, -0.15) is 5.26 Å². The number of halogens is 1. The van der Waals surface area contributed by atoms with Gasteiger partial charge in [0.2, 0.25) is 0 Å². The molecule has 29 heavy (non-hydrogen) atoms. The van der Waals surface area contributed by atoms with E-state index in [0.29, 0.717) is 26.2 Å². The lowest BCUT2D eigenvalue weighted by atomic mass is 10.1. The van der Waals surface area contributed by atoms with Crippen molar-refractivity contribution >= 4 is 50.2 Å². The Kier molecular flexibility index (Phi) is 6.44. The van der Waals surface area contributed by atoms with E-state index < -0.39 is 5.97 Å². The largest absolute Gasteiger partial charge is 0.459 e. The van der Waals surface area contributed by atoms with E-state index in [1.807, 2.05) is 6.07 Å². The van der Waals surface area contributed by atoms with Crippen LogP contribution in [0.25, 0.3) is 21.3 Å². The first kappa shape index (κ1) is 20.7. The third-order valence-corrected chi connectivity index (χ3v) is 5.52. The van der Waals surface area contributed by atoms with E-state index in [1.165, 1.54) is 7.11 Å². The molecule has 0 radical (unpaired) electrons. The van der Waals surface area contributed by atoms with E-state index in [9.17, 15) is 9.59 Å². The van der Waals surface area contributed by atoms with Crippen molar-refractivity contribution in [2.75, 3.05) is 20.3 Å². The predicted octanol–water partition coefficient (Wildman–Crippen LogP) is 3.70. The number of hydrogen-bond donors (Lipinski definition) is 1. The molecule has 1 aromatic carbocycles. The molecule has 0 spiro atoms. The zero-order chi connectivity index (χ0) is 21.0. The van der Waals surface area contributed by atoms with Crippen molar-refractivity contribution in [3.8, 4) is 6.07 Å². The SMILES string of the molecule is COCCOC(=O)c1sc2nc(/C(Cl)=C/c3ccc(C#N)cc3)[nH]c(=O)c2c1C. The number of aromatic amines is 1. The number of benzene rings is 1. The summed E-state index contributed by atoms with van der Waals surface area (Å²) in [6, 6.07) is 8.85. The lowest BCUT2D eigenvalue weighted by Crippen LogP contribution is -2.11. The number of nitrogens with one attached hydrogen (secondary N) is 1. The molecular weight excluding hydrogens is 414 g/mol. The molecular formula is C20H16ClN3O4S. The Morgan fingerprint density at radius 1 is 1.34 bits per heavy atom. The Morgan fingerprint density at radius 2 is 2.07 bits per heavy atom. The predicted molar refractivity (Wildman–Crippen MR) is 112 cm³/mol. The zero-order valence-electron chi connectivity index (χ0n) is 15.6. The highest BCUT2D eigenvalue weighted by molar-refractivity contribution is 7.20. The van der Waals surface area contributed by atoms with Crippen LogP contribution in [-0.2, 0) is 9.47 Å². The minimum atomic E-state index is -0.525. The maximum atomic E-state index is 12.6. The van der Waals surface area contributed by atoms with Gasteiger partial charge < -0.3 is 14.5 Å².